The summed E-state index contributed by atoms with van der Waals surface area (Å²) in [7, 11) is 0. The number of hydrazine groups is 1. The van der Waals surface area contributed by atoms with Crippen LogP contribution in [-0.4, -0.2) is 29.1 Å². The number of hydrogen-bond acceptors (Lipinski definition) is 9. The summed E-state index contributed by atoms with van der Waals surface area (Å²) in [5.74, 6) is 1.64. The van der Waals surface area contributed by atoms with Crippen molar-refractivity contribution in [3.63, 3.8) is 0 Å². The average Bonchev–Trinajstić information content (AvgIpc) is 3.23. The van der Waals surface area contributed by atoms with Crippen LogP contribution in [0, 0.1) is 0 Å². The first-order valence-electron chi connectivity index (χ1n) is 8.08. The Balaban J connectivity index is 1.47. The molecule has 3 aromatic rings. The summed E-state index contributed by atoms with van der Waals surface area (Å²) >= 11 is 0. The largest absolute Gasteiger partial charge is 0.486 e. The van der Waals surface area contributed by atoms with E-state index in [2.05, 4.69) is 26.1 Å². The van der Waals surface area contributed by atoms with Gasteiger partial charge in [-0.1, -0.05) is 0 Å². The zero-order valence-corrected chi connectivity index (χ0v) is 14.1. The lowest BCUT2D eigenvalue weighted by molar-refractivity contribution is 0.0935. The van der Waals surface area contributed by atoms with Gasteiger partial charge in [-0.05, 0) is 24.3 Å². The highest BCUT2D eigenvalue weighted by Gasteiger charge is 2.14. The maximum atomic E-state index is 11.9. The van der Waals surface area contributed by atoms with Gasteiger partial charge in [-0.2, -0.15) is 0 Å². The van der Waals surface area contributed by atoms with Gasteiger partial charge in [-0.25, -0.2) is 9.97 Å². The molecule has 4 rings (SSSR count). The molecule has 0 aliphatic carbocycles. The van der Waals surface area contributed by atoms with E-state index in [1.165, 1.54) is 18.7 Å². The summed E-state index contributed by atoms with van der Waals surface area (Å²) in [5, 5.41) is 3.10. The van der Waals surface area contributed by atoms with E-state index in [0.717, 1.165) is 5.69 Å². The summed E-state index contributed by atoms with van der Waals surface area (Å²) in [5.41, 5.74) is 12.2. The van der Waals surface area contributed by atoms with Crippen LogP contribution in [0.4, 0.5) is 23.0 Å². The second-order valence-electron chi connectivity index (χ2n) is 5.52. The fraction of sp³-hybridized carbons (Fsp3) is 0.118. The van der Waals surface area contributed by atoms with Crippen LogP contribution >= 0.6 is 0 Å². The first kappa shape index (κ1) is 16.5. The standard InChI is InChI=1S/C17H16N6O4/c18-14-15(21-10-3-4-11-13(8-10)27-7-6-26-11)19-9-20-16(14)22-23-17(24)12-2-1-5-25-12/h1-5,8-9H,6-7,18H2,(H,23,24)(H2,19,20,21,22). The van der Waals surface area contributed by atoms with Crippen LogP contribution in [0.25, 0.3) is 0 Å². The van der Waals surface area contributed by atoms with Crippen LogP contribution in [0.3, 0.4) is 0 Å². The molecule has 0 atom stereocenters. The number of carbonyl (C=O) groups is 1. The Morgan fingerprint density at radius 1 is 1.07 bits per heavy atom. The molecule has 0 saturated heterocycles. The molecule has 0 saturated carbocycles. The summed E-state index contributed by atoms with van der Waals surface area (Å²) in [6.07, 6.45) is 2.72. The number of fused-ring (bicyclic) bond motifs is 1. The van der Waals surface area contributed by atoms with E-state index in [-0.39, 0.29) is 17.3 Å². The fourth-order valence-corrected chi connectivity index (χ4v) is 2.44. The monoisotopic (exact) mass is 368 g/mol. The Morgan fingerprint density at radius 3 is 2.70 bits per heavy atom. The zero-order valence-electron chi connectivity index (χ0n) is 14.1. The molecule has 5 N–H and O–H groups in total. The molecule has 10 nitrogen and oxygen atoms in total. The van der Waals surface area contributed by atoms with E-state index >= 15 is 0 Å². The number of furan rings is 1. The van der Waals surface area contributed by atoms with E-state index < -0.39 is 5.91 Å². The first-order valence-corrected chi connectivity index (χ1v) is 8.08. The van der Waals surface area contributed by atoms with E-state index in [1.807, 2.05) is 6.07 Å². The van der Waals surface area contributed by atoms with E-state index in [4.69, 9.17) is 19.6 Å². The van der Waals surface area contributed by atoms with Crippen LogP contribution < -0.4 is 31.4 Å². The molecule has 2 aromatic heterocycles. The molecule has 10 heteroatoms. The lowest BCUT2D eigenvalue weighted by Gasteiger charge is -2.19. The highest BCUT2D eigenvalue weighted by molar-refractivity contribution is 5.92. The number of hydrogen-bond donors (Lipinski definition) is 4. The highest BCUT2D eigenvalue weighted by Crippen LogP contribution is 2.34. The minimum absolute atomic E-state index is 0.157. The molecule has 1 aromatic carbocycles. The van der Waals surface area contributed by atoms with Gasteiger partial charge in [0.25, 0.3) is 0 Å². The van der Waals surface area contributed by atoms with E-state index in [0.29, 0.717) is 30.5 Å². The van der Waals surface area contributed by atoms with Gasteiger partial charge in [-0.15, -0.1) is 0 Å². The van der Waals surface area contributed by atoms with Crippen molar-refractivity contribution in [2.24, 2.45) is 0 Å². The fourth-order valence-electron chi connectivity index (χ4n) is 2.44. The SMILES string of the molecule is Nc1c(NNC(=O)c2ccco2)ncnc1Nc1ccc2c(c1)OCCO2. The molecular formula is C17H16N6O4. The highest BCUT2D eigenvalue weighted by atomic mass is 16.6. The number of nitrogens with one attached hydrogen (secondary N) is 3. The molecule has 1 aliphatic heterocycles. The van der Waals surface area contributed by atoms with Gasteiger partial charge in [0.15, 0.2) is 28.9 Å². The number of rotatable bonds is 5. The molecule has 1 amide bonds. The number of benzene rings is 1. The third kappa shape index (κ3) is 3.54. The number of carbonyl (C=O) groups excluding carboxylic acids is 1. The summed E-state index contributed by atoms with van der Waals surface area (Å²) in [6.45, 7) is 1.02. The van der Waals surface area contributed by atoms with Crippen molar-refractivity contribution >= 4 is 28.9 Å². The van der Waals surface area contributed by atoms with Crippen molar-refractivity contribution in [2.45, 2.75) is 0 Å². The van der Waals surface area contributed by atoms with E-state index in [1.54, 1.807) is 18.2 Å². The van der Waals surface area contributed by atoms with Crippen LogP contribution in [0.15, 0.2) is 47.3 Å². The molecule has 0 spiro atoms. The number of nitrogens with zero attached hydrogens (tertiary/aromatic N) is 2. The van der Waals surface area contributed by atoms with Gasteiger partial charge in [0.2, 0.25) is 0 Å². The maximum Gasteiger partial charge on any atom is 0.305 e. The number of nitrogens with two attached hydrogens (primary N) is 1. The van der Waals surface area contributed by atoms with Crippen LogP contribution in [0.2, 0.25) is 0 Å². The molecule has 0 bridgehead atoms. The van der Waals surface area contributed by atoms with Crippen molar-refractivity contribution < 1.29 is 18.7 Å². The Labute approximate surface area is 153 Å². The van der Waals surface area contributed by atoms with Crippen LogP contribution in [0.5, 0.6) is 11.5 Å². The molecule has 0 radical (unpaired) electrons. The number of ether oxygens (including phenoxy) is 2. The molecule has 0 fully saturated rings. The van der Waals surface area contributed by atoms with Crippen molar-refractivity contribution in [1.29, 1.82) is 0 Å². The van der Waals surface area contributed by atoms with Gasteiger partial charge < -0.3 is 24.9 Å². The predicted molar refractivity (Wildman–Crippen MR) is 97.0 cm³/mol. The van der Waals surface area contributed by atoms with Gasteiger partial charge >= 0.3 is 5.91 Å². The Kier molecular flexibility index (Phi) is 4.35. The van der Waals surface area contributed by atoms with Crippen molar-refractivity contribution in [2.75, 3.05) is 29.7 Å². The van der Waals surface area contributed by atoms with Gasteiger partial charge in [0.1, 0.15) is 25.2 Å². The number of aromatic nitrogens is 2. The Hall–Kier alpha value is -3.95. The maximum absolute atomic E-state index is 11.9. The zero-order chi connectivity index (χ0) is 18.6. The number of amides is 1. The average molecular weight is 368 g/mol. The topological polar surface area (TPSA) is 137 Å². The summed E-state index contributed by atoms with van der Waals surface area (Å²) in [6, 6.07) is 8.57. The molecule has 3 heterocycles. The molecule has 27 heavy (non-hydrogen) atoms. The van der Waals surface area contributed by atoms with Crippen molar-refractivity contribution in [1.82, 2.24) is 15.4 Å². The quantitative estimate of drug-likeness (QED) is 0.498. The second-order valence-corrected chi connectivity index (χ2v) is 5.52. The Bertz CT molecular complexity index is 960. The lowest BCUT2D eigenvalue weighted by Crippen LogP contribution is -2.30. The van der Waals surface area contributed by atoms with Crippen molar-refractivity contribution in [3.8, 4) is 11.5 Å². The number of anilines is 4. The Morgan fingerprint density at radius 2 is 1.89 bits per heavy atom. The minimum Gasteiger partial charge on any atom is -0.486 e. The predicted octanol–water partition coefficient (Wildman–Crippen LogP) is 1.92. The number of nitrogen functional groups attached to an aromatic ring is 1. The van der Waals surface area contributed by atoms with Gasteiger partial charge in [0.05, 0.1) is 6.26 Å². The van der Waals surface area contributed by atoms with Crippen molar-refractivity contribution in [3.05, 3.63) is 48.7 Å². The molecule has 0 unspecified atom stereocenters. The van der Waals surface area contributed by atoms with Gasteiger partial charge in [0, 0.05) is 11.8 Å². The second kappa shape index (κ2) is 7.12. The third-order valence-electron chi connectivity index (χ3n) is 3.73. The molecule has 1 aliphatic rings. The third-order valence-corrected chi connectivity index (χ3v) is 3.73. The molecule has 138 valence electrons. The minimum atomic E-state index is -0.459. The first-order chi connectivity index (χ1) is 13.2. The van der Waals surface area contributed by atoms with Gasteiger partial charge in [-0.3, -0.25) is 15.6 Å². The van der Waals surface area contributed by atoms with Crippen LogP contribution in [-0.2, 0) is 0 Å². The molecular weight excluding hydrogens is 352 g/mol. The summed E-state index contributed by atoms with van der Waals surface area (Å²) in [4.78, 5) is 20.1. The summed E-state index contributed by atoms with van der Waals surface area (Å²) < 4.78 is 16.1. The van der Waals surface area contributed by atoms with E-state index in [9.17, 15) is 4.79 Å². The van der Waals surface area contributed by atoms with Crippen LogP contribution in [0.1, 0.15) is 10.6 Å². The lowest BCUT2D eigenvalue weighted by atomic mass is 10.2. The normalized spacial score (nSPS) is 12.3. The smallest absolute Gasteiger partial charge is 0.305 e.